The highest BCUT2D eigenvalue weighted by Crippen LogP contribution is 2.37. The van der Waals surface area contributed by atoms with Crippen LogP contribution < -0.4 is 15.8 Å². The summed E-state index contributed by atoms with van der Waals surface area (Å²) in [7, 11) is 1.30. The van der Waals surface area contributed by atoms with Crippen molar-refractivity contribution in [3.05, 3.63) is 93.5 Å². The van der Waals surface area contributed by atoms with Crippen LogP contribution in [-0.4, -0.2) is 58.4 Å². The summed E-state index contributed by atoms with van der Waals surface area (Å²) in [6, 6.07) is 6.70. The number of alkyl halides is 3. The average molecular weight is 631 g/mol. The number of nitrogens with one attached hydrogen (secondary N) is 1. The zero-order chi connectivity index (χ0) is 32.6. The Kier molecular flexibility index (Phi) is 8.61. The van der Waals surface area contributed by atoms with Crippen LogP contribution in [0.1, 0.15) is 28.4 Å². The molecule has 14 heteroatoms. The van der Waals surface area contributed by atoms with E-state index in [4.69, 9.17) is 4.74 Å². The molecule has 236 valence electrons. The summed E-state index contributed by atoms with van der Waals surface area (Å²) in [4.78, 5) is 43.9. The zero-order valence-electron chi connectivity index (χ0n) is 24.0. The maximum atomic E-state index is 15.1. The highest BCUT2D eigenvalue weighted by molar-refractivity contribution is 5.99. The summed E-state index contributed by atoms with van der Waals surface area (Å²) in [6.07, 6.45) is -3.10. The highest BCUT2D eigenvalue weighted by Gasteiger charge is 2.36. The summed E-state index contributed by atoms with van der Waals surface area (Å²) in [5, 5.41) is 12.5. The number of aliphatic carboxylic acids is 1. The number of anilines is 1. The van der Waals surface area contributed by atoms with Crippen molar-refractivity contribution < 1.29 is 41.4 Å². The first-order valence-corrected chi connectivity index (χ1v) is 13.8. The van der Waals surface area contributed by atoms with Crippen LogP contribution in [0.2, 0.25) is 0 Å². The Labute approximate surface area is 252 Å². The van der Waals surface area contributed by atoms with Crippen molar-refractivity contribution in [3.8, 4) is 11.3 Å². The smallest absolute Gasteiger partial charge is 0.417 e. The standard InChI is InChI=1S/C31H27F5N4O5/c1-16-15-45-11-10-40(16)18-13-22(32)26(23(33)14-18)28(41)38-24(30(43)44)12-17-4-3-5-20-19(17)6-8-37-27(20)25-21(31(34,35)36)7-9-39(2)29(25)42/h3-9,13-14,16,24H,10-12,15H2,1-2H3,(H,38,41)(H,43,44)/t16-,24-/m0/s1. The van der Waals surface area contributed by atoms with E-state index in [1.165, 1.54) is 37.5 Å². The molecule has 45 heavy (non-hydrogen) atoms. The number of pyridine rings is 2. The van der Waals surface area contributed by atoms with Crippen molar-refractivity contribution in [3.63, 3.8) is 0 Å². The second-order valence-electron chi connectivity index (χ2n) is 10.7. The number of nitrogens with zero attached hydrogens (tertiary/aromatic N) is 3. The monoisotopic (exact) mass is 630 g/mol. The molecule has 0 aliphatic carbocycles. The van der Waals surface area contributed by atoms with E-state index in [2.05, 4.69) is 10.3 Å². The van der Waals surface area contributed by atoms with Crippen molar-refractivity contribution in [2.24, 2.45) is 7.05 Å². The summed E-state index contributed by atoms with van der Waals surface area (Å²) in [5.41, 5.74) is -3.57. The van der Waals surface area contributed by atoms with Gasteiger partial charge in [0.25, 0.3) is 11.5 Å². The van der Waals surface area contributed by atoms with Crippen LogP contribution in [0.15, 0.2) is 59.7 Å². The van der Waals surface area contributed by atoms with Gasteiger partial charge in [0.05, 0.1) is 30.0 Å². The lowest BCUT2D eigenvalue weighted by molar-refractivity contribution is -0.139. The molecule has 1 amide bonds. The van der Waals surface area contributed by atoms with Crippen molar-refractivity contribution in [2.45, 2.75) is 31.6 Å². The Morgan fingerprint density at radius 1 is 1.13 bits per heavy atom. The van der Waals surface area contributed by atoms with Crippen LogP contribution in [0.4, 0.5) is 27.6 Å². The SMILES string of the molecule is C[C@H]1COCCN1c1cc(F)c(C(=O)N[C@@H](Cc2cccc3c(-c4c(C(F)(F)F)ccn(C)c4=O)nccc23)C(=O)O)c(F)c1. The molecule has 0 bridgehead atoms. The van der Waals surface area contributed by atoms with Crippen LogP contribution in [0.3, 0.4) is 0 Å². The molecular weight excluding hydrogens is 603 g/mol. The number of morpholine rings is 1. The van der Waals surface area contributed by atoms with Gasteiger partial charge < -0.3 is 24.6 Å². The maximum absolute atomic E-state index is 15.1. The number of carboxylic acids is 1. The van der Waals surface area contributed by atoms with Crippen LogP contribution in [0.5, 0.6) is 0 Å². The topological polar surface area (TPSA) is 114 Å². The molecule has 3 heterocycles. The minimum absolute atomic E-state index is 0.129. The lowest BCUT2D eigenvalue weighted by Crippen LogP contribution is -2.44. The van der Waals surface area contributed by atoms with Gasteiger partial charge in [-0.2, -0.15) is 13.2 Å². The predicted octanol–water partition coefficient (Wildman–Crippen LogP) is 4.55. The van der Waals surface area contributed by atoms with Crippen molar-refractivity contribution in [1.82, 2.24) is 14.9 Å². The molecule has 0 saturated carbocycles. The number of aryl methyl sites for hydroxylation is 1. The number of carbonyl (C=O) groups is 2. The molecule has 1 aliphatic heterocycles. The van der Waals surface area contributed by atoms with E-state index in [1.807, 2.05) is 6.92 Å². The predicted molar refractivity (Wildman–Crippen MR) is 154 cm³/mol. The van der Waals surface area contributed by atoms with E-state index in [9.17, 15) is 32.7 Å². The first-order valence-electron chi connectivity index (χ1n) is 13.8. The third kappa shape index (κ3) is 6.23. The molecule has 1 aliphatic rings. The lowest BCUT2D eigenvalue weighted by atomic mass is 9.95. The molecule has 1 fully saturated rings. The number of aromatic nitrogens is 2. The molecule has 4 aromatic rings. The Morgan fingerprint density at radius 3 is 2.49 bits per heavy atom. The number of ether oxygens (including phenoxy) is 1. The Morgan fingerprint density at radius 2 is 1.84 bits per heavy atom. The minimum Gasteiger partial charge on any atom is -0.480 e. The molecule has 9 nitrogen and oxygen atoms in total. The van der Waals surface area contributed by atoms with Gasteiger partial charge in [-0.25, -0.2) is 13.6 Å². The number of rotatable bonds is 7. The van der Waals surface area contributed by atoms with E-state index in [-0.39, 0.29) is 33.8 Å². The number of hydrogen-bond donors (Lipinski definition) is 2. The second kappa shape index (κ2) is 12.3. The molecular formula is C31H27F5N4O5. The number of fused-ring (bicyclic) bond motifs is 1. The van der Waals surface area contributed by atoms with Crippen LogP contribution in [0.25, 0.3) is 22.0 Å². The average Bonchev–Trinajstić information content (AvgIpc) is 2.97. The summed E-state index contributed by atoms with van der Waals surface area (Å²) in [5.74, 6) is -5.19. The first-order chi connectivity index (χ1) is 21.3. The summed E-state index contributed by atoms with van der Waals surface area (Å²) in [6.45, 7) is 2.90. The molecule has 2 aromatic heterocycles. The van der Waals surface area contributed by atoms with Gasteiger partial charge in [-0.05, 0) is 42.1 Å². The third-order valence-corrected chi connectivity index (χ3v) is 7.69. The van der Waals surface area contributed by atoms with Gasteiger partial charge in [-0.15, -0.1) is 0 Å². The molecule has 0 radical (unpaired) electrons. The lowest BCUT2D eigenvalue weighted by Gasteiger charge is -2.35. The van der Waals surface area contributed by atoms with Gasteiger partial charge in [0.1, 0.15) is 23.2 Å². The number of hydrogen-bond acceptors (Lipinski definition) is 6. The molecule has 0 spiro atoms. The molecule has 2 N–H and O–H groups in total. The number of carboxylic acid groups (broad SMARTS) is 1. The van der Waals surface area contributed by atoms with Gasteiger partial charge in [0.15, 0.2) is 0 Å². The van der Waals surface area contributed by atoms with Crippen molar-refractivity contribution >= 4 is 28.3 Å². The zero-order valence-corrected chi connectivity index (χ0v) is 24.0. The number of amides is 1. The molecule has 0 unspecified atom stereocenters. The van der Waals surface area contributed by atoms with E-state index < -0.39 is 64.4 Å². The van der Waals surface area contributed by atoms with Gasteiger partial charge in [-0.3, -0.25) is 14.6 Å². The van der Waals surface area contributed by atoms with Gasteiger partial charge in [-0.1, -0.05) is 18.2 Å². The van der Waals surface area contributed by atoms with E-state index >= 15 is 8.78 Å². The van der Waals surface area contributed by atoms with Crippen molar-refractivity contribution in [1.29, 1.82) is 0 Å². The largest absolute Gasteiger partial charge is 0.480 e. The summed E-state index contributed by atoms with van der Waals surface area (Å²) >= 11 is 0. The summed E-state index contributed by atoms with van der Waals surface area (Å²) < 4.78 is 78.2. The quantitative estimate of drug-likeness (QED) is 0.288. The molecule has 1 saturated heterocycles. The fourth-order valence-corrected chi connectivity index (χ4v) is 5.45. The van der Waals surface area contributed by atoms with Gasteiger partial charge in [0, 0.05) is 49.5 Å². The Hall–Kier alpha value is -4.85. The van der Waals surface area contributed by atoms with E-state index in [0.29, 0.717) is 19.8 Å². The molecule has 5 rings (SSSR count). The molecule has 2 aromatic carbocycles. The fourth-order valence-electron chi connectivity index (χ4n) is 5.45. The van der Waals surface area contributed by atoms with Crippen LogP contribution >= 0.6 is 0 Å². The van der Waals surface area contributed by atoms with Gasteiger partial charge in [0.2, 0.25) is 0 Å². The minimum atomic E-state index is -4.87. The highest BCUT2D eigenvalue weighted by atomic mass is 19.4. The third-order valence-electron chi connectivity index (χ3n) is 7.69. The molecule has 2 atom stereocenters. The number of carbonyl (C=O) groups excluding carboxylic acids is 1. The van der Waals surface area contributed by atoms with Crippen LogP contribution in [0, 0.1) is 11.6 Å². The van der Waals surface area contributed by atoms with Gasteiger partial charge >= 0.3 is 12.1 Å². The van der Waals surface area contributed by atoms with E-state index in [0.717, 1.165) is 29.0 Å². The number of benzene rings is 2. The normalized spacial score (nSPS) is 16.1. The van der Waals surface area contributed by atoms with E-state index in [1.54, 1.807) is 4.90 Å². The second-order valence-corrected chi connectivity index (χ2v) is 10.7. The maximum Gasteiger partial charge on any atom is 0.417 e. The first kappa shape index (κ1) is 31.6. The van der Waals surface area contributed by atoms with Crippen LogP contribution in [-0.2, 0) is 29.2 Å². The number of halogens is 5. The Bertz CT molecular complexity index is 1840. The van der Waals surface area contributed by atoms with Crippen molar-refractivity contribution in [2.75, 3.05) is 24.7 Å². The fraction of sp³-hybridized carbons (Fsp3) is 0.290. The Balaban J connectivity index is 1.48.